The summed E-state index contributed by atoms with van der Waals surface area (Å²) in [5.74, 6) is -0.106. The highest BCUT2D eigenvalue weighted by Crippen LogP contribution is 2.32. The quantitative estimate of drug-likeness (QED) is 0.789. The molecule has 0 spiro atoms. The Hall–Kier alpha value is -1.55. The van der Waals surface area contributed by atoms with Crippen molar-refractivity contribution in [2.75, 3.05) is 18.5 Å². The van der Waals surface area contributed by atoms with Crippen molar-refractivity contribution < 1.29 is 9.90 Å². The second kappa shape index (κ2) is 5.83. The summed E-state index contributed by atoms with van der Waals surface area (Å²) >= 11 is 0. The molecule has 0 saturated heterocycles. The van der Waals surface area contributed by atoms with Gasteiger partial charge in [0.25, 0.3) is 0 Å². The molecule has 1 aromatic rings. The molecule has 0 fully saturated rings. The summed E-state index contributed by atoms with van der Waals surface area (Å²) < 4.78 is 0. The first-order chi connectivity index (χ1) is 9.43. The molecule has 2 unspecified atom stereocenters. The van der Waals surface area contributed by atoms with Crippen LogP contribution < -0.4 is 10.6 Å². The van der Waals surface area contributed by atoms with E-state index in [0.29, 0.717) is 13.0 Å². The first-order valence-electron chi connectivity index (χ1n) is 7.17. The third-order valence-corrected chi connectivity index (χ3v) is 3.93. The van der Waals surface area contributed by atoms with E-state index in [-0.39, 0.29) is 29.9 Å². The number of benzene rings is 1. The van der Waals surface area contributed by atoms with Crippen LogP contribution in [0.3, 0.4) is 0 Å². The molecule has 0 radical (unpaired) electrons. The normalized spacial score (nSPS) is 19.1. The Bertz CT molecular complexity index is 480. The topological polar surface area (TPSA) is 61.4 Å². The molecule has 2 rings (SSSR count). The fourth-order valence-corrected chi connectivity index (χ4v) is 2.64. The number of carbonyl (C=O) groups excluding carboxylic acids is 1. The van der Waals surface area contributed by atoms with Crippen LogP contribution >= 0.6 is 0 Å². The lowest BCUT2D eigenvalue weighted by molar-refractivity contribution is -0.123. The van der Waals surface area contributed by atoms with E-state index in [9.17, 15) is 9.90 Å². The zero-order chi connectivity index (χ0) is 14.8. The smallest absolute Gasteiger partial charge is 0.229 e. The molecule has 4 nitrogen and oxygen atoms in total. The van der Waals surface area contributed by atoms with Gasteiger partial charge < -0.3 is 15.7 Å². The van der Waals surface area contributed by atoms with Gasteiger partial charge in [0.1, 0.15) is 0 Å². The van der Waals surface area contributed by atoms with Crippen molar-refractivity contribution in [2.24, 2.45) is 5.41 Å². The van der Waals surface area contributed by atoms with Gasteiger partial charge in [-0.1, -0.05) is 39.0 Å². The molecule has 2 atom stereocenters. The summed E-state index contributed by atoms with van der Waals surface area (Å²) in [6.45, 7) is 6.96. The van der Waals surface area contributed by atoms with Crippen LogP contribution in [0.5, 0.6) is 0 Å². The second-order valence-electron chi connectivity index (χ2n) is 6.46. The minimum Gasteiger partial charge on any atom is -0.396 e. The monoisotopic (exact) mass is 276 g/mol. The van der Waals surface area contributed by atoms with E-state index < -0.39 is 0 Å². The van der Waals surface area contributed by atoms with E-state index in [1.165, 1.54) is 0 Å². The number of amides is 1. The molecule has 0 saturated carbocycles. The lowest BCUT2D eigenvalue weighted by atomic mass is 9.84. The molecule has 0 aromatic heterocycles. The first kappa shape index (κ1) is 14.9. The van der Waals surface area contributed by atoms with Crippen LogP contribution in [-0.2, 0) is 4.79 Å². The first-order valence-corrected chi connectivity index (χ1v) is 7.17. The lowest BCUT2D eigenvalue weighted by Gasteiger charge is -2.32. The Morgan fingerprint density at radius 3 is 2.80 bits per heavy atom. The molecule has 110 valence electrons. The summed E-state index contributed by atoms with van der Waals surface area (Å²) in [7, 11) is 0. The Morgan fingerprint density at radius 1 is 1.45 bits per heavy atom. The Kier molecular flexibility index (Phi) is 4.33. The molecular weight excluding hydrogens is 252 g/mol. The fourth-order valence-electron chi connectivity index (χ4n) is 2.64. The van der Waals surface area contributed by atoms with Crippen molar-refractivity contribution in [3.05, 3.63) is 29.8 Å². The van der Waals surface area contributed by atoms with E-state index in [4.69, 9.17) is 0 Å². The predicted molar refractivity (Wildman–Crippen MR) is 80.8 cm³/mol. The van der Waals surface area contributed by atoms with Crippen LogP contribution in [0.25, 0.3) is 0 Å². The summed E-state index contributed by atoms with van der Waals surface area (Å²) in [6.07, 6.45) is 0.580. The second-order valence-corrected chi connectivity index (χ2v) is 6.46. The molecule has 20 heavy (non-hydrogen) atoms. The summed E-state index contributed by atoms with van der Waals surface area (Å²) in [5, 5.41) is 15.5. The molecular formula is C16H24N2O2. The lowest BCUT2D eigenvalue weighted by Crippen LogP contribution is -2.46. The molecule has 0 bridgehead atoms. The van der Waals surface area contributed by atoms with Crippen molar-refractivity contribution >= 4 is 11.6 Å². The number of anilines is 1. The Balaban J connectivity index is 2.09. The van der Waals surface area contributed by atoms with E-state index in [1.54, 1.807) is 0 Å². The number of fused-ring (bicyclic) bond motifs is 1. The zero-order valence-electron chi connectivity index (χ0n) is 12.4. The molecule has 1 heterocycles. The summed E-state index contributed by atoms with van der Waals surface area (Å²) in [6, 6.07) is 7.90. The largest absolute Gasteiger partial charge is 0.396 e. The average Bonchev–Trinajstić information content (AvgIpc) is 2.81. The molecule has 0 aliphatic carbocycles. The molecule has 4 heteroatoms. The maximum atomic E-state index is 12.5. The van der Waals surface area contributed by atoms with E-state index in [2.05, 4.69) is 31.4 Å². The van der Waals surface area contributed by atoms with Crippen molar-refractivity contribution in [1.82, 2.24) is 5.32 Å². The van der Waals surface area contributed by atoms with Gasteiger partial charge in [-0.25, -0.2) is 0 Å². The Morgan fingerprint density at radius 2 is 2.15 bits per heavy atom. The van der Waals surface area contributed by atoms with E-state index in [0.717, 1.165) is 11.3 Å². The number of nitrogens with one attached hydrogen (secondary N) is 2. The number of hydrogen-bond donors (Lipinski definition) is 3. The molecule has 1 aliphatic rings. The SMILES string of the molecule is CC(C)(C)C(CCO)NC(=O)C1CNc2ccccc21. The Labute approximate surface area is 120 Å². The minimum atomic E-state index is -0.144. The van der Waals surface area contributed by atoms with Gasteiger partial charge in [0, 0.05) is 24.9 Å². The van der Waals surface area contributed by atoms with Gasteiger partial charge in [0.05, 0.1) is 5.92 Å². The van der Waals surface area contributed by atoms with Gasteiger partial charge in [-0.15, -0.1) is 0 Å². The average molecular weight is 276 g/mol. The van der Waals surface area contributed by atoms with Crippen molar-refractivity contribution in [2.45, 2.75) is 39.2 Å². The molecule has 3 N–H and O–H groups in total. The third kappa shape index (κ3) is 3.12. The molecule has 1 aromatic carbocycles. The number of rotatable bonds is 4. The van der Waals surface area contributed by atoms with Gasteiger partial charge in [-0.05, 0) is 23.5 Å². The number of para-hydroxylation sites is 1. The van der Waals surface area contributed by atoms with Gasteiger partial charge >= 0.3 is 0 Å². The van der Waals surface area contributed by atoms with Crippen LogP contribution in [0.15, 0.2) is 24.3 Å². The van der Waals surface area contributed by atoms with Gasteiger partial charge in [-0.2, -0.15) is 0 Å². The van der Waals surface area contributed by atoms with Crippen LogP contribution in [0, 0.1) is 5.41 Å². The maximum absolute atomic E-state index is 12.5. The molecule has 1 amide bonds. The highest BCUT2D eigenvalue weighted by Gasteiger charge is 2.32. The van der Waals surface area contributed by atoms with Crippen LogP contribution in [0.4, 0.5) is 5.69 Å². The predicted octanol–water partition coefficient (Wildman–Crippen LogP) is 2.11. The van der Waals surface area contributed by atoms with Gasteiger partial charge in [0.15, 0.2) is 0 Å². The third-order valence-electron chi connectivity index (χ3n) is 3.93. The number of hydrogen-bond acceptors (Lipinski definition) is 3. The molecule has 1 aliphatic heterocycles. The van der Waals surface area contributed by atoms with Crippen LogP contribution in [0.1, 0.15) is 38.7 Å². The number of aliphatic hydroxyl groups excluding tert-OH is 1. The zero-order valence-corrected chi connectivity index (χ0v) is 12.4. The number of aliphatic hydroxyl groups is 1. The van der Waals surface area contributed by atoms with Gasteiger partial charge in [0.2, 0.25) is 5.91 Å². The van der Waals surface area contributed by atoms with Crippen molar-refractivity contribution in [1.29, 1.82) is 0 Å². The number of carbonyl (C=O) groups is 1. The van der Waals surface area contributed by atoms with Crippen LogP contribution in [-0.4, -0.2) is 30.2 Å². The maximum Gasteiger partial charge on any atom is 0.229 e. The summed E-state index contributed by atoms with van der Waals surface area (Å²) in [4.78, 5) is 12.5. The highest BCUT2D eigenvalue weighted by molar-refractivity contribution is 5.88. The van der Waals surface area contributed by atoms with Gasteiger partial charge in [-0.3, -0.25) is 4.79 Å². The highest BCUT2D eigenvalue weighted by atomic mass is 16.3. The van der Waals surface area contributed by atoms with Crippen molar-refractivity contribution in [3.63, 3.8) is 0 Å². The minimum absolute atomic E-state index is 0.0206. The summed E-state index contributed by atoms with van der Waals surface area (Å²) in [5.41, 5.74) is 2.04. The fraction of sp³-hybridized carbons (Fsp3) is 0.562. The van der Waals surface area contributed by atoms with Crippen molar-refractivity contribution in [3.8, 4) is 0 Å². The van der Waals surface area contributed by atoms with E-state index in [1.807, 2.05) is 24.3 Å². The van der Waals surface area contributed by atoms with Crippen LogP contribution in [0.2, 0.25) is 0 Å². The van der Waals surface area contributed by atoms with E-state index >= 15 is 0 Å². The standard InChI is InChI=1S/C16H24N2O2/c1-16(2,3)14(8-9-19)18-15(20)12-10-17-13-7-5-4-6-11(12)13/h4-7,12,14,17,19H,8-10H2,1-3H3,(H,18,20).